The van der Waals surface area contributed by atoms with E-state index < -0.39 is 0 Å². The minimum absolute atomic E-state index is 0.0385. The lowest BCUT2D eigenvalue weighted by Crippen LogP contribution is -2.41. The third-order valence-electron chi connectivity index (χ3n) is 5.07. The number of fused-ring (bicyclic) bond motifs is 1. The van der Waals surface area contributed by atoms with Crippen molar-refractivity contribution in [3.05, 3.63) is 41.5 Å². The standard InChI is InChI=1S/C21H24N4OS/c1-14-23-20(25-10-6-7-16(12-25)11-22-15(2)26)19-18(13-27-21(19)24-14)17-8-4-3-5-9-17/h3-5,8-9,13,16H,6-7,10-12H2,1-2H3,(H,22,26). The zero-order valence-electron chi connectivity index (χ0n) is 15.7. The molecule has 0 bridgehead atoms. The summed E-state index contributed by atoms with van der Waals surface area (Å²) in [5.41, 5.74) is 2.40. The Labute approximate surface area is 163 Å². The number of carbonyl (C=O) groups is 1. The molecule has 1 aromatic carbocycles. The summed E-state index contributed by atoms with van der Waals surface area (Å²) in [6, 6.07) is 10.5. The number of thiophene rings is 1. The van der Waals surface area contributed by atoms with Gasteiger partial charge >= 0.3 is 0 Å². The van der Waals surface area contributed by atoms with Crippen LogP contribution in [0.4, 0.5) is 5.82 Å². The van der Waals surface area contributed by atoms with Crippen molar-refractivity contribution in [3.8, 4) is 11.1 Å². The van der Waals surface area contributed by atoms with Crippen LogP contribution in [-0.2, 0) is 4.79 Å². The number of amides is 1. The zero-order valence-corrected chi connectivity index (χ0v) is 16.6. The molecule has 27 heavy (non-hydrogen) atoms. The van der Waals surface area contributed by atoms with Crippen molar-refractivity contribution < 1.29 is 4.79 Å². The van der Waals surface area contributed by atoms with E-state index in [1.54, 1.807) is 18.3 Å². The molecule has 3 aromatic rings. The van der Waals surface area contributed by atoms with Gasteiger partial charge in [-0.3, -0.25) is 4.79 Å². The second-order valence-electron chi connectivity index (χ2n) is 7.18. The van der Waals surface area contributed by atoms with Crippen LogP contribution in [-0.4, -0.2) is 35.5 Å². The molecule has 1 unspecified atom stereocenters. The van der Waals surface area contributed by atoms with Crippen LogP contribution in [0.2, 0.25) is 0 Å². The third kappa shape index (κ3) is 3.81. The summed E-state index contributed by atoms with van der Waals surface area (Å²) >= 11 is 1.68. The summed E-state index contributed by atoms with van der Waals surface area (Å²) in [7, 11) is 0. The summed E-state index contributed by atoms with van der Waals surface area (Å²) < 4.78 is 0. The van der Waals surface area contributed by atoms with E-state index in [1.165, 1.54) is 11.1 Å². The van der Waals surface area contributed by atoms with Gasteiger partial charge in [-0.1, -0.05) is 30.3 Å². The molecule has 1 aliphatic heterocycles. The van der Waals surface area contributed by atoms with Crippen molar-refractivity contribution in [2.45, 2.75) is 26.7 Å². The number of aromatic nitrogens is 2. The number of anilines is 1. The number of hydrogen-bond donors (Lipinski definition) is 1. The van der Waals surface area contributed by atoms with Crippen molar-refractivity contribution in [1.29, 1.82) is 0 Å². The van der Waals surface area contributed by atoms with Crippen molar-refractivity contribution >= 4 is 33.3 Å². The van der Waals surface area contributed by atoms with Crippen LogP contribution in [0.5, 0.6) is 0 Å². The van der Waals surface area contributed by atoms with Crippen molar-refractivity contribution in [2.24, 2.45) is 5.92 Å². The highest BCUT2D eigenvalue weighted by Gasteiger charge is 2.25. The molecule has 1 atom stereocenters. The molecule has 2 aromatic heterocycles. The van der Waals surface area contributed by atoms with Crippen molar-refractivity contribution in [3.63, 3.8) is 0 Å². The van der Waals surface area contributed by atoms with Gasteiger partial charge in [-0.2, -0.15) is 0 Å². The van der Waals surface area contributed by atoms with E-state index in [0.29, 0.717) is 5.92 Å². The van der Waals surface area contributed by atoms with E-state index >= 15 is 0 Å². The van der Waals surface area contributed by atoms with E-state index in [9.17, 15) is 4.79 Å². The molecule has 1 saturated heterocycles. The summed E-state index contributed by atoms with van der Waals surface area (Å²) in [4.78, 5) is 24.2. The second-order valence-corrected chi connectivity index (χ2v) is 8.04. The van der Waals surface area contributed by atoms with Crippen molar-refractivity contribution in [2.75, 3.05) is 24.5 Å². The number of benzene rings is 1. The van der Waals surface area contributed by atoms with Gasteiger partial charge in [-0.25, -0.2) is 9.97 Å². The second kappa shape index (κ2) is 7.64. The lowest BCUT2D eigenvalue weighted by Gasteiger charge is -2.34. The van der Waals surface area contributed by atoms with Gasteiger partial charge in [0.15, 0.2) is 0 Å². The molecular formula is C21H24N4OS. The van der Waals surface area contributed by atoms with Crippen molar-refractivity contribution in [1.82, 2.24) is 15.3 Å². The lowest BCUT2D eigenvalue weighted by atomic mass is 9.97. The number of nitrogens with one attached hydrogen (secondary N) is 1. The Morgan fingerprint density at radius 2 is 2.11 bits per heavy atom. The molecule has 5 nitrogen and oxygen atoms in total. The number of aryl methyl sites for hydroxylation is 1. The minimum Gasteiger partial charge on any atom is -0.356 e. The van der Waals surface area contributed by atoms with Gasteiger partial charge in [0.25, 0.3) is 0 Å². The van der Waals surface area contributed by atoms with Gasteiger partial charge in [-0.05, 0) is 31.2 Å². The summed E-state index contributed by atoms with van der Waals surface area (Å²) in [5.74, 6) is 2.33. The fourth-order valence-electron chi connectivity index (χ4n) is 3.80. The van der Waals surface area contributed by atoms with Crippen LogP contribution in [0.1, 0.15) is 25.6 Å². The molecule has 0 saturated carbocycles. The highest BCUT2D eigenvalue weighted by atomic mass is 32.1. The maximum absolute atomic E-state index is 11.3. The maximum atomic E-state index is 11.3. The molecule has 140 valence electrons. The van der Waals surface area contributed by atoms with Crippen LogP contribution in [0.15, 0.2) is 35.7 Å². The highest BCUT2D eigenvalue weighted by Crippen LogP contribution is 2.39. The number of nitrogens with zero attached hydrogens (tertiary/aromatic N) is 3. The molecule has 1 N–H and O–H groups in total. The number of carbonyl (C=O) groups excluding carboxylic acids is 1. The maximum Gasteiger partial charge on any atom is 0.216 e. The van der Waals surface area contributed by atoms with Gasteiger partial charge in [0.05, 0.1) is 5.39 Å². The summed E-state index contributed by atoms with van der Waals surface area (Å²) in [6.07, 6.45) is 2.25. The molecule has 0 aliphatic carbocycles. The van der Waals surface area contributed by atoms with Crippen LogP contribution in [0.25, 0.3) is 21.3 Å². The number of hydrogen-bond acceptors (Lipinski definition) is 5. The van der Waals surface area contributed by atoms with Gasteiger partial charge in [-0.15, -0.1) is 11.3 Å². The number of rotatable bonds is 4. The molecule has 0 spiro atoms. The van der Waals surface area contributed by atoms with Gasteiger partial charge in [0, 0.05) is 37.5 Å². The molecule has 3 heterocycles. The quantitative estimate of drug-likeness (QED) is 0.743. The van der Waals surface area contributed by atoms with E-state index in [0.717, 1.165) is 54.3 Å². The fraction of sp³-hybridized carbons (Fsp3) is 0.381. The van der Waals surface area contributed by atoms with Gasteiger partial charge < -0.3 is 10.2 Å². The summed E-state index contributed by atoms with van der Waals surface area (Å²) in [6.45, 7) is 6.18. The molecule has 4 rings (SSSR count). The first-order chi connectivity index (χ1) is 13.1. The monoisotopic (exact) mass is 380 g/mol. The molecule has 1 amide bonds. The minimum atomic E-state index is 0.0385. The Kier molecular flexibility index (Phi) is 5.07. The van der Waals surface area contributed by atoms with Crippen LogP contribution >= 0.6 is 11.3 Å². The van der Waals surface area contributed by atoms with Gasteiger partial charge in [0.1, 0.15) is 16.5 Å². The SMILES string of the molecule is CC(=O)NCC1CCCN(c2nc(C)nc3scc(-c4ccccc4)c23)C1. The zero-order chi connectivity index (χ0) is 18.8. The predicted octanol–water partition coefficient (Wildman–Crippen LogP) is 4.02. The summed E-state index contributed by atoms with van der Waals surface area (Å²) in [5, 5.41) is 6.31. The normalized spacial score (nSPS) is 17.3. The lowest BCUT2D eigenvalue weighted by molar-refractivity contribution is -0.119. The molecule has 1 fully saturated rings. The highest BCUT2D eigenvalue weighted by molar-refractivity contribution is 7.17. The van der Waals surface area contributed by atoms with E-state index in [4.69, 9.17) is 4.98 Å². The Bertz CT molecular complexity index is 953. The first-order valence-electron chi connectivity index (χ1n) is 9.42. The third-order valence-corrected chi connectivity index (χ3v) is 5.94. The molecule has 0 radical (unpaired) electrons. The Hall–Kier alpha value is -2.47. The van der Waals surface area contributed by atoms with E-state index in [1.807, 2.05) is 13.0 Å². The average Bonchev–Trinajstić information content (AvgIpc) is 3.10. The van der Waals surface area contributed by atoms with Crippen LogP contribution in [0, 0.1) is 12.8 Å². The first-order valence-corrected chi connectivity index (χ1v) is 10.3. The van der Waals surface area contributed by atoms with E-state index in [2.05, 4.69) is 44.8 Å². The fourth-order valence-corrected chi connectivity index (χ4v) is 4.79. The number of piperidine rings is 1. The topological polar surface area (TPSA) is 58.1 Å². The predicted molar refractivity (Wildman–Crippen MR) is 111 cm³/mol. The van der Waals surface area contributed by atoms with E-state index in [-0.39, 0.29) is 5.91 Å². The Balaban J connectivity index is 1.72. The Morgan fingerprint density at radius 1 is 1.30 bits per heavy atom. The largest absolute Gasteiger partial charge is 0.356 e. The van der Waals surface area contributed by atoms with Crippen LogP contribution in [0.3, 0.4) is 0 Å². The van der Waals surface area contributed by atoms with Gasteiger partial charge in [0.2, 0.25) is 5.91 Å². The molecule has 6 heteroatoms. The van der Waals surface area contributed by atoms with Crippen LogP contribution < -0.4 is 10.2 Å². The molecular weight excluding hydrogens is 356 g/mol. The molecule has 1 aliphatic rings. The average molecular weight is 381 g/mol. The first kappa shape index (κ1) is 17.9. The smallest absolute Gasteiger partial charge is 0.216 e. The Morgan fingerprint density at radius 3 is 2.89 bits per heavy atom.